The minimum Gasteiger partial charge on any atom is -0.282 e. The molecule has 3 aromatic rings. The van der Waals surface area contributed by atoms with Crippen molar-refractivity contribution in [3.8, 4) is 6.07 Å². The van der Waals surface area contributed by atoms with Gasteiger partial charge < -0.3 is 0 Å². The van der Waals surface area contributed by atoms with E-state index in [1.165, 1.54) is 37.7 Å². The van der Waals surface area contributed by atoms with E-state index >= 15 is 0 Å². The molecular weight excluding hydrogens is 380 g/mol. The average molecular weight is 398 g/mol. The highest BCUT2D eigenvalue weighted by molar-refractivity contribution is 7.89. The lowest BCUT2D eigenvalue weighted by Crippen LogP contribution is -2.49. The van der Waals surface area contributed by atoms with Crippen LogP contribution in [0, 0.1) is 11.3 Å². The van der Waals surface area contributed by atoms with Crippen LogP contribution < -0.4 is 5.69 Å². The maximum Gasteiger partial charge on any atom is 0.351 e. The second-order valence-corrected chi connectivity index (χ2v) is 8.45. The largest absolute Gasteiger partial charge is 0.351 e. The van der Waals surface area contributed by atoms with Crippen molar-refractivity contribution in [1.82, 2.24) is 23.4 Å². The van der Waals surface area contributed by atoms with Crippen molar-refractivity contribution < 1.29 is 8.42 Å². The Morgan fingerprint density at radius 2 is 1.75 bits per heavy atom. The number of sulfonamides is 1. The van der Waals surface area contributed by atoms with Crippen LogP contribution in [-0.2, 0) is 16.7 Å². The molecule has 0 N–H and O–H groups in total. The summed E-state index contributed by atoms with van der Waals surface area (Å²) in [5, 5.41) is 13.2. The van der Waals surface area contributed by atoms with Gasteiger partial charge in [0.15, 0.2) is 5.65 Å². The lowest BCUT2D eigenvalue weighted by molar-refractivity contribution is 0.144. The van der Waals surface area contributed by atoms with Gasteiger partial charge in [0.2, 0.25) is 10.0 Å². The molecule has 1 aromatic carbocycles. The molecular formula is C18H18N6O3S. The number of benzene rings is 1. The Morgan fingerprint density at radius 1 is 1.04 bits per heavy atom. The van der Waals surface area contributed by atoms with Crippen molar-refractivity contribution in [2.45, 2.75) is 11.6 Å². The van der Waals surface area contributed by atoms with Gasteiger partial charge >= 0.3 is 5.69 Å². The molecule has 0 aliphatic carbocycles. The summed E-state index contributed by atoms with van der Waals surface area (Å²) in [6, 6.07) is 13.2. The predicted molar refractivity (Wildman–Crippen MR) is 101 cm³/mol. The molecule has 0 amide bonds. The van der Waals surface area contributed by atoms with Crippen molar-refractivity contribution in [3.63, 3.8) is 0 Å². The molecule has 0 radical (unpaired) electrons. The number of hydrogen-bond acceptors (Lipinski definition) is 6. The van der Waals surface area contributed by atoms with Crippen LogP contribution in [0.25, 0.3) is 5.65 Å². The first kappa shape index (κ1) is 18.4. The van der Waals surface area contributed by atoms with Crippen molar-refractivity contribution >= 4 is 15.7 Å². The van der Waals surface area contributed by atoms with Crippen LogP contribution in [0.4, 0.5) is 0 Å². The molecule has 4 rings (SSSR count). The van der Waals surface area contributed by atoms with Crippen molar-refractivity contribution in [2.24, 2.45) is 0 Å². The van der Waals surface area contributed by atoms with E-state index in [4.69, 9.17) is 5.26 Å². The summed E-state index contributed by atoms with van der Waals surface area (Å²) in [7, 11) is -3.60. The molecule has 28 heavy (non-hydrogen) atoms. The van der Waals surface area contributed by atoms with Crippen molar-refractivity contribution in [3.05, 3.63) is 64.7 Å². The fourth-order valence-electron chi connectivity index (χ4n) is 3.21. The molecule has 0 saturated carbocycles. The number of hydrogen-bond donors (Lipinski definition) is 0. The van der Waals surface area contributed by atoms with Gasteiger partial charge in [-0.2, -0.15) is 14.2 Å². The number of rotatable bonds is 4. The first-order valence-electron chi connectivity index (χ1n) is 8.76. The summed E-state index contributed by atoms with van der Waals surface area (Å²) in [6.07, 6.45) is 1.67. The van der Waals surface area contributed by atoms with E-state index in [-0.39, 0.29) is 10.6 Å². The molecule has 1 fully saturated rings. The third-order valence-corrected chi connectivity index (χ3v) is 6.69. The molecule has 144 valence electrons. The topological polar surface area (TPSA) is 104 Å². The number of nitriles is 1. The number of pyridine rings is 1. The van der Waals surface area contributed by atoms with E-state index in [1.807, 2.05) is 17.0 Å². The average Bonchev–Trinajstić information content (AvgIpc) is 3.04. The third-order valence-electron chi connectivity index (χ3n) is 4.77. The van der Waals surface area contributed by atoms with E-state index in [2.05, 4.69) is 5.10 Å². The SMILES string of the molecule is N#Cc1ccc(S(=O)(=O)N2CCN(Cn3nc4ccccn4c3=O)CC2)cc1. The second kappa shape index (κ2) is 7.20. The minimum absolute atomic E-state index is 0.177. The van der Waals surface area contributed by atoms with Crippen LogP contribution in [0.3, 0.4) is 0 Å². The van der Waals surface area contributed by atoms with E-state index in [0.29, 0.717) is 44.1 Å². The molecule has 1 saturated heterocycles. The van der Waals surface area contributed by atoms with E-state index in [1.54, 1.807) is 18.3 Å². The number of aromatic nitrogens is 3. The zero-order chi connectivity index (χ0) is 19.7. The van der Waals surface area contributed by atoms with Gasteiger partial charge in [0.05, 0.1) is 23.2 Å². The maximum atomic E-state index is 12.8. The predicted octanol–water partition coefficient (Wildman–Crippen LogP) is 0.332. The molecule has 1 aliphatic heterocycles. The normalized spacial score (nSPS) is 16.2. The van der Waals surface area contributed by atoms with Gasteiger partial charge in [0, 0.05) is 32.4 Å². The van der Waals surface area contributed by atoms with Crippen LogP contribution in [-0.4, -0.2) is 58.0 Å². The van der Waals surface area contributed by atoms with E-state index in [9.17, 15) is 13.2 Å². The molecule has 0 bridgehead atoms. The Bertz CT molecular complexity index is 1200. The Morgan fingerprint density at radius 3 is 2.39 bits per heavy atom. The number of piperazine rings is 1. The fraction of sp³-hybridized carbons (Fsp3) is 0.278. The fourth-order valence-corrected chi connectivity index (χ4v) is 4.63. The highest BCUT2D eigenvalue weighted by Gasteiger charge is 2.28. The second-order valence-electron chi connectivity index (χ2n) is 6.51. The van der Waals surface area contributed by atoms with Crippen molar-refractivity contribution in [2.75, 3.05) is 26.2 Å². The first-order chi connectivity index (χ1) is 13.5. The van der Waals surface area contributed by atoms with E-state index < -0.39 is 10.0 Å². The molecule has 3 heterocycles. The molecule has 1 aliphatic rings. The van der Waals surface area contributed by atoms with Crippen LogP contribution in [0.15, 0.2) is 58.4 Å². The zero-order valence-corrected chi connectivity index (χ0v) is 15.8. The van der Waals surface area contributed by atoms with Gasteiger partial charge in [-0.3, -0.25) is 9.30 Å². The first-order valence-corrected chi connectivity index (χ1v) is 10.2. The summed E-state index contributed by atoms with van der Waals surface area (Å²) in [5.41, 5.74) is 0.777. The minimum atomic E-state index is -3.60. The van der Waals surface area contributed by atoms with Crippen molar-refractivity contribution in [1.29, 1.82) is 5.26 Å². The van der Waals surface area contributed by atoms with Gasteiger partial charge in [-0.1, -0.05) is 6.07 Å². The highest BCUT2D eigenvalue weighted by atomic mass is 32.2. The lowest BCUT2D eigenvalue weighted by Gasteiger charge is -2.33. The summed E-state index contributed by atoms with van der Waals surface area (Å²) in [6.45, 7) is 1.95. The Kier molecular flexibility index (Phi) is 4.72. The van der Waals surface area contributed by atoms with Crippen LogP contribution in [0.2, 0.25) is 0 Å². The number of nitrogens with zero attached hydrogens (tertiary/aromatic N) is 6. The van der Waals surface area contributed by atoms with E-state index in [0.717, 1.165) is 0 Å². The summed E-state index contributed by atoms with van der Waals surface area (Å²) in [5.74, 6) is 0. The molecule has 9 nitrogen and oxygen atoms in total. The highest BCUT2D eigenvalue weighted by Crippen LogP contribution is 2.18. The van der Waals surface area contributed by atoms with Crippen LogP contribution in [0.1, 0.15) is 5.56 Å². The van der Waals surface area contributed by atoms with Crippen LogP contribution >= 0.6 is 0 Å². The standard InChI is InChI=1S/C18H18N6O3S/c19-13-15-4-6-16(7-5-15)28(26,27)22-11-9-21(10-12-22)14-24-18(25)23-8-2-1-3-17(23)20-24/h1-8H,9-12,14H2. The summed E-state index contributed by atoms with van der Waals surface area (Å²) >= 11 is 0. The van der Waals surface area contributed by atoms with Crippen LogP contribution in [0.5, 0.6) is 0 Å². The van der Waals surface area contributed by atoms with Gasteiger partial charge in [0.1, 0.15) is 0 Å². The molecule has 0 atom stereocenters. The summed E-state index contributed by atoms with van der Waals surface area (Å²) < 4.78 is 29.8. The molecule has 2 aromatic heterocycles. The van der Waals surface area contributed by atoms with Gasteiger partial charge in [-0.25, -0.2) is 13.2 Å². The Labute approximate surface area is 161 Å². The molecule has 0 spiro atoms. The maximum absolute atomic E-state index is 12.8. The number of fused-ring (bicyclic) bond motifs is 1. The third kappa shape index (κ3) is 3.31. The summed E-state index contributed by atoms with van der Waals surface area (Å²) in [4.78, 5) is 14.5. The van der Waals surface area contributed by atoms with Gasteiger partial charge in [-0.05, 0) is 36.4 Å². The monoisotopic (exact) mass is 398 g/mol. The lowest BCUT2D eigenvalue weighted by atomic mass is 10.2. The smallest absolute Gasteiger partial charge is 0.282 e. The zero-order valence-electron chi connectivity index (χ0n) is 15.0. The quantitative estimate of drug-likeness (QED) is 0.627. The van der Waals surface area contributed by atoms with Gasteiger partial charge in [0.25, 0.3) is 0 Å². The van der Waals surface area contributed by atoms with Gasteiger partial charge in [-0.15, -0.1) is 5.10 Å². The molecule has 10 heteroatoms. The molecule has 0 unspecified atom stereocenters. The Balaban J connectivity index is 1.44. The Hall–Kier alpha value is -3.00.